The van der Waals surface area contributed by atoms with Crippen LogP contribution in [0.2, 0.25) is 0 Å². The fourth-order valence-corrected chi connectivity index (χ4v) is 3.36. The lowest BCUT2D eigenvalue weighted by molar-refractivity contribution is 0.0698. The molecule has 0 aliphatic carbocycles. The van der Waals surface area contributed by atoms with Gasteiger partial charge in [-0.3, -0.25) is 4.99 Å². The number of nitrogens with zero attached hydrogens (tertiary/aromatic N) is 3. The first-order chi connectivity index (χ1) is 15.8. The maximum Gasteiger partial charge on any atom is 0.191 e. The summed E-state index contributed by atoms with van der Waals surface area (Å²) in [6, 6.07) is 17.2. The monoisotopic (exact) mass is 563 g/mol. The van der Waals surface area contributed by atoms with Crippen molar-refractivity contribution in [1.29, 1.82) is 0 Å². The lowest BCUT2D eigenvalue weighted by Crippen LogP contribution is -2.37. The maximum absolute atomic E-state index is 5.49. The van der Waals surface area contributed by atoms with Crippen LogP contribution in [0.15, 0.2) is 72.2 Å². The van der Waals surface area contributed by atoms with E-state index in [-0.39, 0.29) is 24.0 Å². The Bertz CT molecular complexity index is 946. The van der Waals surface area contributed by atoms with E-state index < -0.39 is 0 Å². The standard InChI is InChI=1S/C25H33N5O2.HI/c1-26-25(28-12-5-15-32-17-16-31-2)29-18-23-6-3-4-7-24(23)22-10-8-21(9-11-22)19-30-14-13-27-20-30;/h3-4,6-11,13-14,20H,5,12,15-19H2,1-2H3,(H2,26,28,29);1H. The van der Waals surface area contributed by atoms with Crippen LogP contribution in [-0.2, 0) is 22.6 Å². The van der Waals surface area contributed by atoms with E-state index in [9.17, 15) is 0 Å². The molecule has 0 fully saturated rings. The summed E-state index contributed by atoms with van der Waals surface area (Å²) in [7, 11) is 3.46. The summed E-state index contributed by atoms with van der Waals surface area (Å²) in [5, 5.41) is 6.75. The van der Waals surface area contributed by atoms with Crippen molar-refractivity contribution in [2.45, 2.75) is 19.5 Å². The highest BCUT2D eigenvalue weighted by Gasteiger charge is 2.06. The molecule has 8 heteroatoms. The van der Waals surface area contributed by atoms with E-state index in [0.717, 1.165) is 25.5 Å². The summed E-state index contributed by atoms with van der Waals surface area (Å²) in [5.74, 6) is 0.785. The number of rotatable bonds is 12. The Kier molecular flexibility index (Phi) is 12.5. The third kappa shape index (κ3) is 9.15. The molecule has 1 heterocycles. The van der Waals surface area contributed by atoms with E-state index >= 15 is 0 Å². The molecular weight excluding hydrogens is 529 g/mol. The number of methoxy groups -OCH3 is 1. The van der Waals surface area contributed by atoms with Gasteiger partial charge in [-0.2, -0.15) is 0 Å². The average molecular weight is 563 g/mol. The topological polar surface area (TPSA) is 72.7 Å². The molecule has 0 radical (unpaired) electrons. The van der Waals surface area contributed by atoms with Crippen molar-refractivity contribution in [3.05, 3.63) is 78.4 Å². The summed E-state index contributed by atoms with van der Waals surface area (Å²) in [6.07, 6.45) is 6.53. The second-order valence-corrected chi connectivity index (χ2v) is 7.40. The average Bonchev–Trinajstić information content (AvgIpc) is 3.34. The van der Waals surface area contributed by atoms with E-state index in [1.807, 2.05) is 12.5 Å². The van der Waals surface area contributed by atoms with Crippen LogP contribution < -0.4 is 10.6 Å². The van der Waals surface area contributed by atoms with Gasteiger partial charge in [-0.1, -0.05) is 48.5 Å². The number of nitrogens with one attached hydrogen (secondary N) is 2. The minimum atomic E-state index is 0. The highest BCUT2D eigenvalue weighted by molar-refractivity contribution is 14.0. The first-order valence-electron chi connectivity index (χ1n) is 10.9. The van der Waals surface area contributed by atoms with Crippen LogP contribution in [0.5, 0.6) is 0 Å². The van der Waals surface area contributed by atoms with Crippen molar-refractivity contribution in [3.8, 4) is 11.1 Å². The van der Waals surface area contributed by atoms with Gasteiger partial charge in [0.05, 0.1) is 19.5 Å². The van der Waals surface area contributed by atoms with Crippen molar-refractivity contribution >= 4 is 29.9 Å². The minimum absolute atomic E-state index is 0. The molecule has 0 saturated carbocycles. The second-order valence-electron chi connectivity index (χ2n) is 7.40. The molecule has 178 valence electrons. The fraction of sp³-hybridized carbons (Fsp3) is 0.360. The third-order valence-corrected chi connectivity index (χ3v) is 5.07. The van der Waals surface area contributed by atoms with E-state index in [1.165, 1.54) is 22.3 Å². The summed E-state index contributed by atoms with van der Waals surface area (Å²) in [4.78, 5) is 8.43. The Morgan fingerprint density at radius 3 is 2.58 bits per heavy atom. The number of ether oxygens (including phenoxy) is 2. The van der Waals surface area contributed by atoms with Gasteiger partial charge in [0.2, 0.25) is 0 Å². The Labute approximate surface area is 213 Å². The summed E-state index contributed by atoms with van der Waals surface area (Å²) >= 11 is 0. The molecule has 3 rings (SSSR count). The van der Waals surface area contributed by atoms with Crippen LogP contribution in [-0.4, -0.2) is 56.0 Å². The van der Waals surface area contributed by atoms with E-state index in [1.54, 1.807) is 20.4 Å². The van der Waals surface area contributed by atoms with E-state index in [0.29, 0.717) is 26.4 Å². The molecular formula is C25H34IN5O2. The SMILES string of the molecule is CN=C(NCCCOCCOC)NCc1ccccc1-c1ccc(Cn2ccnc2)cc1.I. The molecule has 0 spiro atoms. The number of imidazole rings is 1. The van der Waals surface area contributed by atoms with Crippen molar-refractivity contribution in [1.82, 2.24) is 20.2 Å². The maximum atomic E-state index is 5.49. The lowest BCUT2D eigenvalue weighted by atomic mass is 9.98. The second kappa shape index (κ2) is 15.4. The van der Waals surface area contributed by atoms with Gasteiger partial charge in [0, 0.05) is 52.8 Å². The van der Waals surface area contributed by atoms with Gasteiger partial charge in [-0.05, 0) is 28.7 Å². The number of guanidine groups is 1. The number of benzene rings is 2. The van der Waals surface area contributed by atoms with Gasteiger partial charge >= 0.3 is 0 Å². The fourth-order valence-electron chi connectivity index (χ4n) is 3.36. The lowest BCUT2D eigenvalue weighted by Gasteiger charge is -2.15. The van der Waals surface area contributed by atoms with Crippen LogP contribution in [0.4, 0.5) is 0 Å². The van der Waals surface area contributed by atoms with Crippen LogP contribution in [0.1, 0.15) is 17.5 Å². The largest absolute Gasteiger partial charge is 0.382 e. The summed E-state index contributed by atoms with van der Waals surface area (Å²) < 4.78 is 12.5. The van der Waals surface area contributed by atoms with Crippen LogP contribution >= 0.6 is 24.0 Å². The minimum Gasteiger partial charge on any atom is -0.382 e. The zero-order valence-electron chi connectivity index (χ0n) is 19.4. The van der Waals surface area contributed by atoms with E-state index in [4.69, 9.17) is 9.47 Å². The molecule has 0 amide bonds. The summed E-state index contributed by atoms with van der Waals surface area (Å²) in [5.41, 5.74) is 4.89. The van der Waals surface area contributed by atoms with Crippen molar-refractivity contribution in [2.24, 2.45) is 4.99 Å². The molecule has 2 aromatic carbocycles. The van der Waals surface area contributed by atoms with Gasteiger partial charge in [-0.25, -0.2) is 4.98 Å². The van der Waals surface area contributed by atoms with Crippen LogP contribution in [0.25, 0.3) is 11.1 Å². The zero-order chi connectivity index (χ0) is 22.4. The number of halogens is 1. The Morgan fingerprint density at radius 1 is 1.03 bits per heavy atom. The molecule has 0 bridgehead atoms. The Morgan fingerprint density at radius 2 is 1.85 bits per heavy atom. The normalized spacial score (nSPS) is 11.2. The number of hydrogen-bond acceptors (Lipinski definition) is 4. The van der Waals surface area contributed by atoms with Crippen LogP contribution in [0, 0.1) is 0 Å². The summed E-state index contributed by atoms with van der Waals surface area (Å²) in [6.45, 7) is 4.27. The van der Waals surface area contributed by atoms with Gasteiger partial charge in [0.1, 0.15) is 0 Å². The Hall–Kier alpha value is -2.43. The zero-order valence-corrected chi connectivity index (χ0v) is 21.7. The Balaban J connectivity index is 0.00000385. The predicted octanol–water partition coefficient (Wildman–Crippen LogP) is 3.93. The van der Waals surface area contributed by atoms with Gasteiger partial charge in [0.15, 0.2) is 5.96 Å². The molecule has 0 unspecified atom stereocenters. The smallest absolute Gasteiger partial charge is 0.191 e. The molecule has 1 aromatic heterocycles. The first-order valence-corrected chi connectivity index (χ1v) is 10.9. The highest BCUT2D eigenvalue weighted by Crippen LogP contribution is 2.24. The molecule has 0 aliphatic heterocycles. The molecule has 0 saturated heterocycles. The first kappa shape index (κ1) is 26.8. The van der Waals surface area contributed by atoms with Gasteiger partial charge in [-0.15, -0.1) is 24.0 Å². The van der Waals surface area contributed by atoms with Crippen molar-refractivity contribution < 1.29 is 9.47 Å². The molecule has 0 aliphatic rings. The predicted molar refractivity (Wildman–Crippen MR) is 144 cm³/mol. The van der Waals surface area contributed by atoms with Crippen LogP contribution in [0.3, 0.4) is 0 Å². The van der Waals surface area contributed by atoms with Gasteiger partial charge < -0.3 is 24.7 Å². The molecule has 2 N–H and O–H groups in total. The number of hydrogen-bond donors (Lipinski definition) is 2. The third-order valence-electron chi connectivity index (χ3n) is 5.07. The molecule has 33 heavy (non-hydrogen) atoms. The molecule has 0 atom stereocenters. The highest BCUT2D eigenvalue weighted by atomic mass is 127. The number of aliphatic imine (C=N–C) groups is 1. The number of aromatic nitrogens is 2. The van der Waals surface area contributed by atoms with Crippen molar-refractivity contribution in [3.63, 3.8) is 0 Å². The molecule has 3 aromatic rings. The van der Waals surface area contributed by atoms with Crippen molar-refractivity contribution in [2.75, 3.05) is 40.5 Å². The quantitative estimate of drug-likeness (QED) is 0.151. The van der Waals surface area contributed by atoms with E-state index in [2.05, 4.69) is 73.7 Å². The molecule has 7 nitrogen and oxygen atoms in total. The van der Waals surface area contributed by atoms with Gasteiger partial charge in [0.25, 0.3) is 0 Å².